The number of benzene rings is 1. The fraction of sp³-hybridized carbons (Fsp3) is 0.273. The van der Waals surface area contributed by atoms with Crippen LogP contribution in [0.2, 0.25) is 0 Å². The average Bonchev–Trinajstić information content (AvgIpc) is 2.79. The summed E-state index contributed by atoms with van der Waals surface area (Å²) in [4.78, 5) is 15.6. The molecule has 4 nitrogen and oxygen atoms in total. The minimum Gasteiger partial charge on any atom is -0.441 e. The third-order valence-corrected chi connectivity index (χ3v) is 3.97. The van der Waals surface area contributed by atoms with Crippen LogP contribution in [-0.4, -0.2) is 26.8 Å². The number of hydrogen-bond acceptors (Lipinski definition) is 4. The zero-order chi connectivity index (χ0) is 14.8. The minimum absolute atomic E-state index is 0.263. The lowest BCUT2D eigenvalue weighted by atomic mass is 10.3. The molecule has 1 aromatic heterocycles. The summed E-state index contributed by atoms with van der Waals surface area (Å²) < 4.78 is 4.53. The van der Waals surface area contributed by atoms with E-state index in [1.807, 2.05) is 24.3 Å². The summed E-state index contributed by atoms with van der Waals surface area (Å²) in [7, 11) is 0. The van der Waals surface area contributed by atoms with Crippen molar-refractivity contribution < 1.29 is 9.53 Å². The Kier molecular flexibility index (Phi) is 5.20. The first-order chi connectivity index (χ1) is 9.40. The van der Waals surface area contributed by atoms with Crippen molar-refractivity contribution in [2.45, 2.75) is 10.0 Å². The number of nitrogens with one attached hydrogen (secondary N) is 1. The van der Waals surface area contributed by atoms with E-state index in [1.165, 1.54) is 11.3 Å². The van der Waals surface area contributed by atoms with E-state index in [0.29, 0.717) is 0 Å². The fourth-order valence-corrected chi connectivity index (χ4v) is 2.58. The number of carbonyl (C=O) groups is 1. The van der Waals surface area contributed by atoms with Gasteiger partial charge in [0.25, 0.3) is 5.19 Å². The Morgan fingerprint density at radius 1 is 1.40 bits per heavy atom. The van der Waals surface area contributed by atoms with Crippen LogP contribution in [0.1, 0.15) is 0 Å². The van der Waals surface area contributed by atoms with Crippen LogP contribution in [0.25, 0.3) is 10.2 Å². The number of amides is 1. The third kappa shape index (κ3) is 4.02. The topological polar surface area (TPSA) is 51.2 Å². The van der Waals surface area contributed by atoms with Crippen LogP contribution in [0.4, 0.5) is 0 Å². The van der Waals surface area contributed by atoms with Gasteiger partial charge in [-0.25, -0.2) is 4.98 Å². The van der Waals surface area contributed by atoms with Crippen LogP contribution in [0, 0.1) is 0 Å². The van der Waals surface area contributed by atoms with Crippen molar-refractivity contribution in [3.8, 4) is 5.19 Å². The minimum atomic E-state index is -1.85. The molecule has 0 fully saturated rings. The van der Waals surface area contributed by atoms with Gasteiger partial charge in [-0.3, -0.25) is 4.79 Å². The molecule has 1 aromatic carbocycles. The van der Waals surface area contributed by atoms with Gasteiger partial charge in [0.15, 0.2) is 0 Å². The van der Waals surface area contributed by atoms with E-state index in [0.717, 1.165) is 10.2 Å². The lowest BCUT2D eigenvalue weighted by Crippen LogP contribution is -2.48. The molecule has 1 atom stereocenters. The number of nitrogens with zero attached hydrogens (tertiary/aromatic N) is 1. The maximum absolute atomic E-state index is 11.3. The van der Waals surface area contributed by atoms with Crippen molar-refractivity contribution in [2.24, 2.45) is 0 Å². The van der Waals surface area contributed by atoms with Crippen LogP contribution in [0.5, 0.6) is 5.19 Å². The summed E-state index contributed by atoms with van der Waals surface area (Å²) in [5.74, 6) is -0.774. The van der Waals surface area contributed by atoms with Gasteiger partial charge in [-0.15, -0.1) is 11.6 Å². The van der Waals surface area contributed by atoms with E-state index in [4.69, 9.17) is 51.1 Å². The third-order valence-electron chi connectivity index (χ3n) is 2.20. The molecule has 1 N–H and O–H groups in total. The van der Waals surface area contributed by atoms with Gasteiger partial charge in [0.2, 0.25) is 15.9 Å². The molecule has 0 radical (unpaired) electrons. The van der Waals surface area contributed by atoms with E-state index in [1.54, 1.807) is 0 Å². The van der Waals surface area contributed by atoms with Gasteiger partial charge < -0.3 is 10.1 Å². The molecule has 20 heavy (non-hydrogen) atoms. The molecule has 1 amide bonds. The van der Waals surface area contributed by atoms with E-state index in [-0.39, 0.29) is 11.1 Å². The van der Waals surface area contributed by atoms with Gasteiger partial charge in [-0.05, 0) is 12.1 Å². The standard InChI is InChI=1S/C11H8Cl4N2O2S/c12-5-8(18)17-9(11(13,14)15)19-10-16-6-3-1-2-4-7(6)20-10/h1-4,9H,5H2,(H,17,18)/t9-/m0/s1. The second kappa shape index (κ2) is 6.54. The highest BCUT2D eigenvalue weighted by Gasteiger charge is 2.36. The smallest absolute Gasteiger partial charge is 0.276 e. The largest absolute Gasteiger partial charge is 0.441 e. The molecular weight excluding hydrogens is 366 g/mol. The van der Waals surface area contributed by atoms with Gasteiger partial charge in [-0.1, -0.05) is 58.3 Å². The predicted molar refractivity (Wildman–Crippen MR) is 83.2 cm³/mol. The molecule has 0 aliphatic carbocycles. The van der Waals surface area contributed by atoms with Gasteiger partial charge in [0.1, 0.15) is 5.88 Å². The number of para-hydroxylation sites is 1. The Balaban J connectivity index is 2.20. The van der Waals surface area contributed by atoms with Crippen molar-refractivity contribution >= 4 is 73.9 Å². The van der Waals surface area contributed by atoms with Crippen LogP contribution in [0.3, 0.4) is 0 Å². The SMILES string of the molecule is O=C(CCl)N[C@@H](Oc1nc2ccccc2s1)C(Cl)(Cl)Cl. The number of carbonyl (C=O) groups excluding carboxylic acids is 1. The highest BCUT2D eigenvalue weighted by Crippen LogP contribution is 2.34. The molecule has 0 bridgehead atoms. The number of ether oxygens (including phenoxy) is 1. The van der Waals surface area contributed by atoms with E-state index >= 15 is 0 Å². The Bertz CT molecular complexity index is 581. The van der Waals surface area contributed by atoms with Gasteiger partial charge in [-0.2, -0.15) is 0 Å². The molecular formula is C11H8Cl4N2O2S. The zero-order valence-corrected chi connectivity index (χ0v) is 13.6. The summed E-state index contributed by atoms with van der Waals surface area (Å²) in [6, 6.07) is 7.46. The van der Waals surface area contributed by atoms with Crippen LogP contribution in [0.15, 0.2) is 24.3 Å². The van der Waals surface area contributed by atoms with E-state index < -0.39 is 15.9 Å². The maximum atomic E-state index is 11.3. The Hall–Kier alpha value is -0.460. The summed E-state index contributed by atoms with van der Waals surface area (Å²) in [5.41, 5.74) is 0.763. The van der Waals surface area contributed by atoms with Crippen LogP contribution >= 0.6 is 57.7 Å². The molecule has 0 saturated heterocycles. The van der Waals surface area contributed by atoms with Crippen molar-refractivity contribution in [1.82, 2.24) is 10.3 Å². The first-order valence-electron chi connectivity index (χ1n) is 5.34. The molecule has 9 heteroatoms. The first kappa shape index (κ1) is 15.9. The maximum Gasteiger partial charge on any atom is 0.276 e. The number of thiazole rings is 1. The van der Waals surface area contributed by atoms with E-state index in [2.05, 4.69) is 10.3 Å². The number of fused-ring (bicyclic) bond motifs is 1. The summed E-state index contributed by atoms with van der Waals surface area (Å²) in [6.07, 6.45) is -1.18. The van der Waals surface area contributed by atoms with Crippen molar-refractivity contribution in [3.63, 3.8) is 0 Å². The quantitative estimate of drug-likeness (QED) is 0.656. The van der Waals surface area contributed by atoms with E-state index in [9.17, 15) is 4.79 Å². The van der Waals surface area contributed by atoms with Gasteiger partial charge in [0.05, 0.1) is 10.2 Å². The normalized spacial score (nSPS) is 13.2. The predicted octanol–water partition coefficient (Wildman–Crippen LogP) is 3.73. The second-order valence-corrected chi connectivity index (χ2v) is 7.32. The summed E-state index contributed by atoms with van der Waals surface area (Å²) in [6.45, 7) is 0. The molecule has 108 valence electrons. The van der Waals surface area contributed by atoms with Crippen LogP contribution in [-0.2, 0) is 4.79 Å². The number of hydrogen-bond donors (Lipinski definition) is 1. The Labute approximate surface area is 138 Å². The summed E-state index contributed by atoms with van der Waals surface area (Å²) >= 11 is 24.0. The number of aromatic nitrogens is 1. The number of halogens is 4. The second-order valence-electron chi connectivity index (χ2n) is 3.69. The lowest BCUT2D eigenvalue weighted by Gasteiger charge is -2.24. The van der Waals surface area contributed by atoms with Crippen molar-refractivity contribution in [2.75, 3.05) is 5.88 Å². The Morgan fingerprint density at radius 3 is 2.70 bits per heavy atom. The Morgan fingerprint density at radius 2 is 2.10 bits per heavy atom. The fourth-order valence-electron chi connectivity index (χ4n) is 1.37. The molecule has 0 unspecified atom stereocenters. The average molecular weight is 374 g/mol. The number of rotatable bonds is 4. The van der Waals surface area contributed by atoms with Crippen LogP contribution < -0.4 is 10.1 Å². The highest BCUT2D eigenvalue weighted by atomic mass is 35.6. The molecule has 0 saturated carbocycles. The van der Waals surface area contributed by atoms with Gasteiger partial charge in [0, 0.05) is 0 Å². The van der Waals surface area contributed by atoms with Gasteiger partial charge >= 0.3 is 0 Å². The lowest BCUT2D eigenvalue weighted by molar-refractivity contribution is -0.121. The highest BCUT2D eigenvalue weighted by molar-refractivity contribution is 7.20. The molecule has 0 aliphatic heterocycles. The zero-order valence-electron chi connectivity index (χ0n) is 9.78. The first-order valence-corrected chi connectivity index (χ1v) is 7.83. The summed E-state index contributed by atoms with van der Waals surface area (Å²) in [5, 5.41) is 2.67. The molecule has 2 rings (SSSR count). The van der Waals surface area contributed by atoms with Crippen molar-refractivity contribution in [3.05, 3.63) is 24.3 Å². The monoisotopic (exact) mass is 372 g/mol. The molecule has 0 spiro atoms. The molecule has 1 heterocycles. The number of alkyl halides is 4. The molecule has 0 aliphatic rings. The van der Waals surface area contributed by atoms with Crippen molar-refractivity contribution in [1.29, 1.82) is 0 Å². The molecule has 2 aromatic rings.